The Morgan fingerprint density at radius 2 is 2.45 bits per heavy atom. The second kappa shape index (κ2) is 4.08. The Hall–Kier alpha value is -0.900. The number of nitrogens with zero attached hydrogens (tertiary/aromatic N) is 3. The molecule has 11 heavy (non-hydrogen) atoms. The molecule has 0 saturated heterocycles. The minimum Gasteiger partial charge on any atom is -0.330 e. The minimum atomic E-state index is 0.719. The van der Waals surface area contributed by atoms with Crippen molar-refractivity contribution in [2.24, 2.45) is 5.73 Å². The van der Waals surface area contributed by atoms with Crippen LogP contribution in [0.1, 0.15) is 19.2 Å². The average Bonchev–Trinajstić information content (AvgIpc) is 2.47. The number of nitrogens with two attached hydrogens (primary N) is 1. The van der Waals surface area contributed by atoms with Crippen molar-refractivity contribution in [1.82, 2.24) is 14.8 Å². The summed E-state index contributed by atoms with van der Waals surface area (Å²) in [5.41, 5.74) is 5.38. The Labute approximate surface area is 66.4 Å². The maximum atomic E-state index is 5.38. The van der Waals surface area contributed by atoms with E-state index in [1.165, 1.54) is 0 Å². The van der Waals surface area contributed by atoms with Crippen LogP contribution in [0, 0.1) is 0 Å². The number of aryl methyl sites for hydroxylation is 2. The predicted octanol–water partition coefficient (Wildman–Crippen LogP) is 0.189. The third-order valence-electron chi connectivity index (χ3n) is 1.60. The Bertz CT molecular complexity index is 206. The predicted molar refractivity (Wildman–Crippen MR) is 43.1 cm³/mol. The molecular formula is C7H14N4. The van der Waals surface area contributed by atoms with Crippen LogP contribution < -0.4 is 5.73 Å². The van der Waals surface area contributed by atoms with Gasteiger partial charge < -0.3 is 5.73 Å². The van der Waals surface area contributed by atoms with Crippen LogP contribution in [0.25, 0.3) is 0 Å². The van der Waals surface area contributed by atoms with E-state index in [9.17, 15) is 0 Å². The maximum Gasteiger partial charge on any atom is 0.138 e. The molecule has 0 bridgehead atoms. The lowest BCUT2D eigenvalue weighted by molar-refractivity contribution is 0.604. The molecule has 4 nitrogen and oxygen atoms in total. The van der Waals surface area contributed by atoms with Gasteiger partial charge in [-0.3, -0.25) is 4.68 Å². The molecule has 0 aliphatic carbocycles. The fourth-order valence-corrected chi connectivity index (χ4v) is 1.01. The summed E-state index contributed by atoms with van der Waals surface area (Å²) in [6, 6.07) is 0. The van der Waals surface area contributed by atoms with E-state index in [-0.39, 0.29) is 0 Å². The van der Waals surface area contributed by atoms with Crippen LogP contribution in [0.2, 0.25) is 0 Å². The lowest BCUT2D eigenvalue weighted by atomic mass is 10.3. The second-order valence-corrected chi connectivity index (χ2v) is 2.38. The molecule has 0 atom stereocenters. The minimum absolute atomic E-state index is 0.719. The van der Waals surface area contributed by atoms with E-state index < -0.39 is 0 Å². The average molecular weight is 154 g/mol. The fourth-order valence-electron chi connectivity index (χ4n) is 1.01. The molecule has 0 spiro atoms. The van der Waals surface area contributed by atoms with Crippen LogP contribution >= 0.6 is 0 Å². The Morgan fingerprint density at radius 1 is 1.64 bits per heavy atom. The smallest absolute Gasteiger partial charge is 0.138 e. The first-order valence-electron chi connectivity index (χ1n) is 3.95. The Balaban J connectivity index is 2.54. The van der Waals surface area contributed by atoms with Crippen LogP contribution in [0.4, 0.5) is 0 Å². The molecule has 62 valence electrons. The van der Waals surface area contributed by atoms with E-state index in [1.807, 2.05) is 4.68 Å². The summed E-state index contributed by atoms with van der Waals surface area (Å²) in [6.45, 7) is 3.66. The lowest BCUT2D eigenvalue weighted by Crippen LogP contribution is -2.07. The van der Waals surface area contributed by atoms with Gasteiger partial charge in [-0.15, -0.1) is 0 Å². The summed E-state index contributed by atoms with van der Waals surface area (Å²) < 4.78 is 1.90. The highest BCUT2D eigenvalue weighted by atomic mass is 15.3. The van der Waals surface area contributed by atoms with Crippen molar-refractivity contribution >= 4 is 0 Å². The van der Waals surface area contributed by atoms with Crippen molar-refractivity contribution in [1.29, 1.82) is 0 Å². The molecule has 0 aliphatic heterocycles. The van der Waals surface area contributed by atoms with E-state index in [4.69, 9.17) is 5.73 Å². The van der Waals surface area contributed by atoms with Gasteiger partial charge in [0.1, 0.15) is 12.2 Å². The largest absolute Gasteiger partial charge is 0.330 e. The van der Waals surface area contributed by atoms with Crippen molar-refractivity contribution in [2.45, 2.75) is 26.3 Å². The highest BCUT2D eigenvalue weighted by molar-refractivity contribution is 4.84. The molecule has 0 radical (unpaired) electrons. The van der Waals surface area contributed by atoms with Gasteiger partial charge in [0, 0.05) is 13.0 Å². The van der Waals surface area contributed by atoms with Gasteiger partial charge in [0.15, 0.2) is 0 Å². The SMILES string of the molecule is CCn1ncnc1CCCN. The Kier molecular flexibility index (Phi) is 3.04. The first-order valence-corrected chi connectivity index (χ1v) is 3.95. The summed E-state index contributed by atoms with van der Waals surface area (Å²) >= 11 is 0. The maximum absolute atomic E-state index is 5.38. The molecule has 1 rings (SSSR count). The molecule has 0 saturated carbocycles. The summed E-state index contributed by atoms with van der Waals surface area (Å²) in [7, 11) is 0. The van der Waals surface area contributed by atoms with Gasteiger partial charge in [0.25, 0.3) is 0 Å². The summed E-state index contributed by atoms with van der Waals surface area (Å²) in [4.78, 5) is 4.12. The quantitative estimate of drug-likeness (QED) is 0.673. The van der Waals surface area contributed by atoms with Crippen LogP contribution in [-0.2, 0) is 13.0 Å². The van der Waals surface area contributed by atoms with Crippen LogP contribution in [0.3, 0.4) is 0 Å². The molecule has 4 heteroatoms. The lowest BCUT2D eigenvalue weighted by Gasteiger charge is -2.00. The molecule has 0 amide bonds. The Morgan fingerprint density at radius 3 is 3.09 bits per heavy atom. The van der Waals surface area contributed by atoms with Crippen LogP contribution in [-0.4, -0.2) is 21.3 Å². The monoisotopic (exact) mass is 154 g/mol. The van der Waals surface area contributed by atoms with E-state index in [0.29, 0.717) is 0 Å². The molecule has 0 unspecified atom stereocenters. The summed E-state index contributed by atoms with van der Waals surface area (Å²) in [5, 5.41) is 4.05. The first kappa shape index (κ1) is 8.20. The first-order chi connectivity index (χ1) is 5.38. The topological polar surface area (TPSA) is 56.7 Å². The summed E-state index contributed by atoms with van der Waals surface area (Å²) in [6.07, 6.45) is 3.51. The molecule has 0 aliphatic rings. The van der Waals surface area contributed by atoms with Crippen molar-refractivity contribution in [3.8, 4) is 0 Å². The van der Waals surface area contributed by atoms with Gasteiger partial charge in [-0.1, -0.05) is 0 Å². The fraction of sp³-hybridized carbons (Fsp3) is 0.714. The van der Waals surface area contributed by atoms with Crippen molar-refractivity contribution < 1.29 is 0 Å². The highest BCUT2D eigenvalue weighted by Gasteiger charge is 1.99. The van der Waals surface area contributed by atoms with Gasteiger partial charge in [0.2, 0.25) is 0 Å². The van der Waals surface area contributed by atoms with Crippen LogP contribution in [0.5, 0.6) is 0 Å². The molecule has 1 aromatic heterocycles. The van der Waals surface area contributed by atoms with Gasteiger partial charge in [-0.2, -0.15) is 5.10 Å². The molecule has 2 N–H and O–H groups in total. The third kappa shape index (κ3) is 2.01. The van der Waals surface area contributed by atoms with Crippen molar-refractivity contribution in [3.63, 3.8) is 0 Å². The summed E-state index contributed by atoms with van der Waals surface area (Å²) in [5.74, 6) is 1.04. The van der Waals surface area contributed by atoms with Gasteiger partial charge in [-0.05, 0) is 19.9 Å². The second-order valence-electron chi connectivity index (χ2n) is 2.38. The molecular weight excluding hydrogens is 140 g/mol. The van der Waals surface area contributed by atoms with Crippen molar-refractivity contribution in [2.75, 3.05) is 6.54 Å². The molecule has 0 aromatic carbocycles. The van der Waals surface area contributed by atoms with E-state index in [1.54, 1.807) is 6.33 Å². The molecule has 0 fully saturated rings. The molecule has 1 aromatic rings. The normalized spacial score (nSPS) is 10.4. The number of hydrogen-bond donors (Lipinski definition) is 1. The molecule has 1 heterocycles. The van der Waals surface area contributed by atoms with E-state index >= 15 is 0 Å². The zero-order valence-corrected chi connectivity index (χ0v) is 6.82. The standard InChI is InChI=1S/C7H14N4/c1-2-11-7(4-3-5-8)9-6-10-11/h6H,2-5,8H2,1H3. The number of aromatic nitrogens is 3. The number of rotatable bonds is 4. The van der Waals surface area contributed by atoms with Crippen molar-refractivity contribution in [3.05, 3.63) is 12.2 Å². The number of hydrogen-bond acceptors (Lipinski definition) is 3. The van der Waals surface area contributed by atoms with Crippen LogP contribution in [0.15, 0.2) is 6.33 Å². The van der Waals surface area contributed by atoms with Gasteiger partial charge in [-0.25, -0.2) is 4.98 Å². The zero-order valence-electron chi connectivity index (χ0n) is 6.82. The van der Waals surface area contributed by atoms with E-state index in [2.05, 4.69) is 17.0 Å². The highest BCUT2D eigenvalue weighted by Crippen LogP contribution is 1.96. The van der Waals surface area contributed by atoms with E-state index in [0.717, 1.165) is 31.8 Å². The van der Waals surface area contributed by atoms with Gasteiger partial charge >= 0.3 is 0 Å². The zero-order chi connectivity index (χ0) is 8.10. The van der Waals surface area contributed by atoms with Gasteiger partial charge in [0.05, 0.1) is 0 Å². The third-order valence-corrected chi connectivity index (χ3v) is 1.60.